The SMILES string of the molecule is CCCCCCc1cc(-c2c3[nH]c(-c4ccco4)c(-c4ccco4)[nH]c-3c(-c3cc(CCCCCC)c(-c4ccc5c(c4)c4ccccc4n5CCOCCOCCOC)s3)c(=NS)c2=N)sc1-c1ccc2c(c1)c1ccccc1n2CCOCCOCCOC. The lowest BCUT2D eigenvalue weighted by molar-refractivity contribution is 0.0234. The first-order valence-corrected chi connectivity index (χ1v) is 34.2. The van der Waals surface area contributed by atoms with Crippen LogP contribution in [0.25, 0.3) is 120 Å². The van der Waals surface area contributed by atoms with Crippen LogP contribution in [0.5, 0.6) is 0 Å². The maximum Gasteiger partial charge on any atom is 0.152 e. The molecule has 0 saturated carbocycles. The molecule has 14 nitrogen and oxygen atoms in total. The summed E-state index contributed by atoms with van der Waals surface area (Å²) in [6, 6.07) is 43.6. The van der Waals surface area contributed by atoms with Gasteiger partial charge in [0.1, 0.15) is 16.7 Å². The van der Waals surface area contributed by atoms with Gasteiger partial charge in [-0.25, -0.2) is 4.40 Å². The lowest BCUT2D eigenvalue weighted by Gasteiger charge is -2.20. The fourth-order valence-corrected chi connectivity index (χ4v) is 15.4. The predicted octanol–water partition coefficient (Wildman–Crippen LogP) is 17.8. The minimum Gasteiger partial charge on any atom is -0.463 e. The number of methoxy groups -OCH3 is 2. The molecule has 6 aromatic heterocycles. The number of para-hydroxylation sites is 2. The van der Waals surface area contributed by atoms with Crippen molar-refractivity contribution in [3.63, 3.8) is 0 Å². The van der Waals surface area contributed by atoms with E-state index in [4.69, 9.17) is 54.5 Å². The number of benzene rings is 5. The Morgan fingerprint density at radius 2 is 0.912 bits per heavy atom. The number of aromatic amines is 2. The molecule has 0 saturated heterocycles. The third-order valence-electron chi connectivity index (χ3n) is 17.2. The van der Waals surface area contributed by atoms with E-state index in [2.05, 4.69) is 130 Å². The van der Waals surface area contributed by atoms with Crippen LogP contribution in [0.3, 0.4) is 0 Å². The highest BCUT2D eigenvalue weighted by molar-refractivity contribution is 7.78. The van der Waals surface area contributed by atoms with E-state index in [1.165, 1.54) is 66.3 Å². The van der Waals surface area contributed by atoms with Crippen LogP contribution in [-0.4, -0.2) is 99.4 Å². The average molecular weight is 1280 g/mol. The molecule has 3 N–H and O–H groups in total. The summed E-state index contributed by atoms with van der Waals surface area (Å²) in [5.41, 5.74) is 13.9. The van der Waals surface area contributed by atoms with Crippen LogP contribution >= 0.6 is 35.5 Å². The standard InChI is InChI=1S/C74H82N6O8S3/c1-5-7-9-11-19-49-47-63(90-73(49)51-27-29-59-55(45-51)53-21-13-15-23-57(53)79(59)31-35-83-41-43-85-39-37-81-3)65-67(75)70(78-89)66(72-71(65)76-68(61-25-17-33-87-61)69(77-72)62-26-18-34-88-62)64-48-50(20-12-10-8-6-2)74(91-64)52-28-30-60-56(46-52)54-22-14-16-24-58(54)80(60)32-36-84-42-44-86-40-38-82-4/h13-18,21-30,33-34,45-48,75-77,89H,5-12,19-20,31-32,35-44H2,1-4H3. The molecule has 1 aliphatic carbocycles. The van der Waals surface area contributed by atoms with E-state index in [9.17, 15) is 5.41 Å². The van der Waals surface area contributed by atoms with Gasteiger partial charge in [-0.1, -0.05) is 101 Å². The number of nitrogens with zero attached hydrogens (tertiary/aromatic N) is 3. The Kier molecular flexibility index (Phi) is 21.7. The Morgan fingerprint density at radius 3 is 1.36 bits per heavy atom. The highest BCUT2D eigenvalue weighted by Crippen LogP contribution is 2.48. The smallest absolute Gasteiger partial charge is 0.152 e. The minimum absolute atomic E-state index is 0.280. The van der Waals surface area contributed by atoms with Gasteiger partial charge in [-0.15, -0.1) is 22.7 Å². The number of aromatic nitrogens is 4. The number of furan rings is 2. The molecule has 1 aliphatic heterocycles. The summed E-state index contributed by atoms with van der Waals surface area (Å²) in [7, 11) is 3.36. The number of unbranched alkanes of at least 4 members (excludes halogenated alkanes) is 6. The molecule has 2 aliphatic rings. The quantitative estimate of drug-likeness (QED) is 0.0229. The molecule has 10 aromatic rings. The van der Waals surface area contributed by atoms with Gasteiger partial charge < -0.3 is 56.4 Å². The van der Waals surface area contributed by atoms with Gasteiger partial charge in [0, 0.05) is 102 Å². The Hall–Kier alpha value is -7.29. The molecule has 12 rings (SSSR count). The van der Waals surface area contributed by atoms with Crippen LogP contribution in [0, 0.1) is 5.41 Å². The third kappa shape index (κ3) is 13.9. The van der Waals surface area contributed by atoms with Gasteiger partial charge >= 0.3 is 0 Å². The number of hydrogen-bond donors (Lipinski definition) is 4. The van der Waals surface area contributed by atoms with Crippen molar-refractivity contribution in [1.82, 2.24) is 19.1 Å². The molecular weight excluding hydrogens is 1200 g/mol. The number of fused-ring (bicyclic) bond motifs is 7. The lowest BCUT2D eigenvalue weighted by atomic mass is 9.95. The number of nitrogens with one attached hydrogen (secondary N) is 3. The third-order valence-corrected chi connectivity index (χ3v) is 19.9. The van der Waals surface area contributed by atoms with Crippen LogP contribution in [0.2, 0.25) is 0 Å². The maximum absolute atomic E-state index is 10.6. The Morgan fingerprint density at radius 1 is 0.473 bits per heavy atom. The molecule has 0 unspecified atom stereocenters. The fraction of sp³-hybridized carbons (Fsp3) is 0.351. The molecule has 474 valence electrons. The van der Waals surface area contributed by atoms with Crippen molar-refractivity contribution in [2.24, 2.45) is 4.40 Å². The van der Waals surface area contributed by atoms with E-state index >= 15 is 0 Å². The number of rotatable bonds is 34. The molecule has 7 heterocycles. The van der Waals surface area contributed by atoms with Crippen molar-refractivity contribution >= 4 is 79.1 Å². The molecule has 0 amide bonds. The van der Waals surface area contributed by atoms with E-state index in [0.717, 1.165) is 106 Å². The maximum atomic E-state index is 10.6. The Bertz CT molecular complexity index is 4450. The fourth-order valence-electron chi connectivity index (χ4n) is 12.7. The largest absolute Gasteiger partial charge is 0.463 e. The zero-order valence-electron chi connectivity index (χ0n) is 52.6. The number of hydrogen-bond acceptors (Lipinski definition) is 13. The monoisotopic (exact) mass is 1280 g/mol. The van der Waals surface area contributed by atoms with Gasteiger partial charge in [-0.2, -0.15) is 0 Å². The number of ether oxygens (including phenoxy) is 6. The van der Waals surface area contributed by atoms with Crippen LogP contribution in [0.1, 0.15) is 76.3 Å². The van der Waals surface area contributed by atoms with Crippen molar-refractivity contribution in [3.8, 4) is 76.1 Å². The van der Waals surface area contributed by atoms with E-state index in [1.807, 2.05) is 24.3 Å². The van der Waals surface area contributed by atoms with Crippen molar-refractivity contribution in [2.45, 2.75) is 91.1 Å². The summed E-state index contributed by atoms with van der Waals surface area (Å²) in [6.07, 6.45) is 14.2. The van der Waals surface area contributed by atoms with Crippen molar-refractivity contribution in [2.75, 3.05) is 80.3 Å². The zero-order chi connectivity index (χ0) is 62.5. The number of thiol groups is 1. The van der Waals surface area contributed by atoms with E-state index in [0.29, 0.717) is 107 Å². The van der Waals surface area contributed by atoms with Gasteiger partial charge in [0.15, 0.2) is 11.5 Å². The topological polar surface area (TPSA) is 159 Å². The summed E-state index contributed by atoms with van der Waals surface area (Å²) >= 11 is 8.32. The molecular formula is C74H82N6O8S3. The number of aryl methyl sites for hydroxylation is 2. The second-order valence-corrected chi connectivity index (χ2v) is 25.4. The van der Waals surface area contributed by atoms with Gasteiger partial charge in [-0.05, 0) is 134 Å². The number of H-pyrrole nitrogens is 2. The number of thiophene rings is 2. The van der Waals surface area contributed by atoms with Gasteiger partial charge in [0.2, 0.25) is 0 Å². The molecule has 91 heavy (non-hydrogen) atoms. The molecule has 0 fully saturated rings. The first kappa shape index (κ1) is 63.8. The molecule has 4 aromatic carbocycles. The summed E-state index contributed by atoms with van der Waals surface area (Å²) in [4.78, 5) is 12.2. The van der Waals surface area contributed by atoms with E-state index < -0.39 is 0 Å². The zero-order valence-corrected chi connectivity index (χ0v) is 55.2. The predicted molar refractivity (Wildman–Crippen MR) is 374 cm³/mol. The molecule has 17 heteroatoms. The van der Waals surface area contributed by atoms with Crippen molar-refractivity contribution in [3.05, 3.63) is 156 Å². The first-order chi connectivity index (χ1) is 44.9. The molecule has 0 atom stereocenters. The normalized spacial score (nSPS) is 12.3. The summed E-state index contributed by atoms with van der Waals surface area (Å²) < 4.78 is 55.9. The van der Waals surface area contributed by atoms with Crippen molar-refractivity contribution < 1.29 is 37.3 Å². The summed E-state index contributed by atoms with van der Waals surface area (Å²) in [5.74, 6) is 1.26. The van der Waals surface area contributed by atoms with Crippen molar-refractivity contribution in [1.29, 1.82) is 5.41 Å². The van der Waals surface area contributed by atoms with E-state index in [1.54, 1.807) is 49.4 Å². The summed E-state index contributed by atoms with van der Waals surface area (Å²) in [6.45, 7) is 11.4. The van der Waals surface area contributed by atoms with E-state index in [-0.39, 0.29) is 5.36 Å². The van der Waals surface area contributed by atoms with Gasteiger partial charge in [-0.3, -0.25) is 5.41 Å². The summed E-state index contributed by atoms with van der Waals surface area (Å²) in [5, 5.41) is 16.1. The minimum atomic E-state index is 0.280. The van der Waals surface area contributed by atoms with Gasteiger partial charge in [0.05, 0.1) is 95.3 Å². The first-order valence-electron chi connectivity index (χ1n) is 32.2. The molecule has 0 radical (unpaired) electrons. The van der Waals surface area contributed by atoms with Crippen LogP contribution in [0.15, 0.2) is 147 Å². The molecule has 0 spiro atoms. The second-order valence-electron chi connectivity index (χ2n) is 23.1. The van der Waals surface area contributed by atoms with Crippen LogP contribution < -0.4 is 10.7 Å². The van der Waals surface area contributed by atoms with Gasteiger partial charge in [0.25, 0.3) is 0 Å². The highest BCUT2D eigenvalue weighted by atomic mass is 32.1. The lowest BCUT2D eigenvalue weighted by Crippen LogP contribution is -2.30. The average Bonchev–Trinajstić information content (AvgIpc) is 1.74. The molecule has 0 bridgehead atoms. The van der Waals surface area contributed by atoms with Crippen LogP contribution in [-0.2, 0) is 54.4 Å². The Balaban J connectivity index is 0.997. The highest BCUT2D eigenvalue weighted by Gasteiger charge is 2.30. The Labute approximate surface area is 545 Å². The van der Waals surface area contributed by atoms with Crippen LogP contribution in [0.4, 0.5) is 0 Å². The second kappa shape index (κ2) is 30.9.